The van der Waals surface area contributed by atoms with E-state index in [2.05, 4.69) is 20.1 Å². The van der Waals surface area contributed by atoms with E-state index in [0.717, 1.165) is 32.0 Å². The van der Waals surface area contributed by atoms with Crippen LogP contribution in [-0.4, -0.2) is 47.4 Å². The molecule has 3 rings (SSSR count). The van der Waals surface area contributed by atoms with E-state index in [1.54, 1.807) is 0 Å². The van der Waals surface area contributed by atoms with Crippen molar-refractivity contribution in [3.8, 4) is 0 Å². The Labute approximate surface area is 107 Å². The van der Waals surface area contributed by atoms with Crippen LogP contribution < -0.4 is 5.32 Å². The largest absolute Gasteiger partial charge is 0.358 e. The summed E-state index contributed by atoms with van der Waals surface area (Å²) in [6.45, 7) is 4.31. The Hall–Kier alpha value is -0.740. The molecule has 0 amide bonds. The molecule has 17 heavy (non-hydrogen) atoms. The van der Waals surface area contributed by atoms with Crippen LogP contribution >= 0.6 is 11.6 Å². The SMILES string of the molecule is ClC1(N2CCCC2)N=CC=C(N2CCCC2)N1. The van der Waals surface area contributed by atoms with Crippen LogP contribution in [0.4, 0.5) is 0 Å². The summed E-state index contributed by atoms with van der Waals surface area (Å²) < 4.78 is 0. The van der Waals surface area contributed by atoms with Crippen molar-refractivity contribution in [2.24, 2.45) is 4.99 Å². The van der Waals surface area contributed by atoms with E-state index in [1.165, 1.54) is 25.7 Å². The summed E-state index contributed by atoms with van der Waals surface area (Å²) in [6, 6.07) is 0. The first-order valence-corrected chi connectivity index (χ1v) is 6.88. The van der Waals surface area contributed by atoms with Gasteiger partial charge in [0.15, 0.2) is 0 Å². The summed E-state index contributed by atoms with van der Waals surface area (Å²) in [5.41, 5.74) is 0. The zero-order valence-corrected chi connectivity index (χ0v) is 10.8. The van der Waals surface area contributed by atoms with Gasteiger partial charge in [0.2, 0.25) is 0 Å². The number of allylic oxidation sites excluding steroid dienone is 1. The van der Waals surface area contributed by atoms with Crippen molar-refractivity contribution in [1.82, 2.24) is 15.1 Å². The molecule has 4 nitrogen and oxygen atoms in total. The van der Waals surface area contributed by atoms with Gasteiger partial charge in [0.1, 0.15) is 5.82 Å². The van der Waals surface area contributed by atoms with Crippen molar-refractivity contribution in [1.29, 1.82) is 0 Å². The first kappa shape index (κ1) is 11.4. The van der Waals surface area contributed by atoms with Gasteiger partial charge < -0.3 is 10.2 Å². The summed E-state index contributed by atoms with van der Waals surface area (Å²) in [7, 11) is 0. The van der Waals surface area contributed by atoms with Gasteiger partial charge in [0.05, 0.1) is 0 Å². The number of halogens is 1. The molecule has 94 valence electrons. The third-order valence-electron chi connectivity index (χ3n) is 3.74. The summed E-state index contributed by atoms with van der Waals surface area (Å²) in [6.07, 6.45) is 8.85. The highest BCUT2D eigenvalue weighted by molar-refractivity contribution is 6.24. The highest BCUT2D eigenvalue weighted by Gasteiger charge is 2.38. The van der Waals surface area contributed by atoms with Gasteiger partial charge >= 0.3 is 0 Å². The van der Waals surface area contributed by atoms with Crippen molar-refractivity contribution in [3.05, 3.63) is 11.9 Å². The average Bonchev–Trinajstić information content (AvgIpc) is 3.03. The molecule has 3 aliphatic rings. The summed E-state index contributed by atoms with van der Waals surface area (Å²) in [4.78, 5) is 8.99. The Morgan fingerprint density at radius 2 is 1.76 bits per heavy atom. The molecule has 1 atom stereocenters. The molecule has 2 saturated heterocycles. The topological polar surface area (TPSA) is 30.9 Å². The van der Waals surface area contributed by atoms with Gasteiger partial charge in [-0.3, -0.25) is 0 Å². The number of alkyl halides is 1. The van der Waals surface area contributed by atoms with Crippen LogP contribution in [0.1, 0.15) is 25.7 Å². The van der Waals surface area contributed by atoms with E-state index in [4.69, 9.17) is 11.6 Å². The molecular weight excluding hydrogens is 236 g/mol. The average molecular weight is 255 g/mol. The zero-order valence-electron chi connectivity index (χ0n) is 10.0. The van der Waals surface area contributed by atoms with Crippen LogP contribution in [0.3, 0.4) is 0 Å². The van der Waals surface area contributed by atoms with Crippen molar-refractivity contribution in [2.45, 2.75) is 30.9 Å². The molecule has 0 aliphatic carbocycles. The summed E-state index contributed by atoms with van der Waals surface area (Å²) in [5.74, 6) is 1.12. The molecule has 5 heteroatoms. The maximum absolute atomic E-state index is 6.60. The first-order chi connectivity index (χ1) is 8.28. The molecule has 0 bridgehead atoms. The Kier molecular flexibility index (Phi) is 3.01. The van der Waals surface area contributed by atoms with Gasteiger partial charge in [0, 0.05) is 32.4 Å². The first-order valence-electron chi connectivity index (χ1n) is 6.50. The lowest BCUT2D eigenvalue weighted by Crippen LogP contribution is -2.55. The number of hydrogen-bond acceptors (Lipinski definition) is 4. The minimum atomic E-state index is -0.747. The summed E-state index contributed by atoms with van der Waals surface area (Å²) in [5, 5.41) is 2.65. The third kappa shape index (κ3) is 2.16. The molecule has 0 aromatic heterocycles. The molecule has 2 fully saturated rings. The van der Waals surface area contributed by atoms with Crippen molar-refractivity contribution in [3.63, 3.8) is 0 Å². The van der Waals surface area contributed by atoms with Gasteiger partial charge in [-0.15, -0.1) is 0 Å². The molecule has 0 aromatic carbocycles. The normalized spacial score (nSPS) is 33.9. The zero-order chi connectivity index (χ0) is 11.7. The van der Waals surface area contributed by atoms with Crippen LogP contribution in [0.2, 0.25) is 0 Å². The predicted octanol–water partition coefficient (Wildman–Crippen LogP) is 1.54. The van der Waals surface area contributed by atoms with Gasteiger partial charge in [-0.05, 0) is 31.8 Å². The van der Waals surface area contributed by atoms with Crippen LogP contribution in [0, 0.1) is 0 Å². The number of rotatable bonds is 2. The highest BCUT2D eigenvalue weighted by Crippen LogP contribution is 2.28. The smallest absolute Gasteiger partial charge is 0.268 e. The maximum atomic E-state index is 6.60. The molecule has 3 aliphatic heterocycles. The number of aliphatic imine (C=N–C) groups is 1. The minimum Gasteiger partial charge on any atom is -0.358 e. The van der Waals surface area contributed by atoms with E-state index >= 15 is 0 Å². The molecule has 3 heterocycles. The molecular formula is C12H19ClN4. The molecule has 0 aromatic rings. The van der Waals surface area contributed by atoms with Crippen LogP contribution in [0.15, 0.2) is 16.9 Å². The molecule has 1 N–H and O–H groups in total. The molecule has 0 radical (unpaired) electrons. The molecule has 1 unspecified atom stereocenters. The van der Waals surface area contributed by atoms with E-state index < -0.39 is 5.25 Å². The fraction of sp³-hybridized carbons (Fsp3) is 0.750. The second kappa shape index (κ2) is 4.50. The second-order valence-electron chi connectivity index (χ2n) is 4.93. The lowest BCUT2D eigenvalue weighted by atomic mass is 10.4. The fourth-order valence-corrected chi connectivity index (χ4v) is 3.08. The number of hydrogen-bond donors (Lipinski definition) is 1. The van der Waals surface area contributed by atoms with Gasteiger partial charge in [0.25, 0.3) is 5.25 Å². The second-order valence-corrected chi connectivity index (χ2v) is 5.46. The van der Waals surface area contributed by atoms with Crippen LogP contribution in [0.25, 0.3) is 0 Å². The summed E-state index contributed by atoms with van der Waals surface area (Å²) >= 11 is 6.60. The minimum absolute atomic E-state index is 0.747. The Bertz CT molecular complexity index is 342. The predicted molar refractivity (Wildman–Crippen MR) is 69.9 cm³/mol. The maximum Gasteiger partial charge on any atom is 0.268 e. The lowest BCUT2D eigenvalue weighted by Gasteiger charge is -2.38. The quantitative estimate of drug-likeness (QED) is 0.599. The highest BCUT2D eigenvalue weighted by atomic mass is 35.5. The van der Waals surface area contributed by atoms with Gasteiger partial charge in [-0.2, -0.15) is 0 Å². The standard InChI is InChI=1S/C12H19ClN4/c13-12(17-9-3-4-10-17)14-6-5-11(15-12)16-7-1-2-8-16/h5-6,15H,1-4,7-10H2. The Balaban J connectivity index is 1.73. The fourth-order valence-electron chi connectivity index (χ4n) is 2.76. The molecule has 0 saturated carbocycles. The number of likely N-dealkylation sites (tertiary alicyclic amines) is 2. The van der Waals surface area contributed by atoms with E-state index in [9.17, 15) is 0 Å². The van der Waals surface area contributed by atoms with Gasteiger partial charge in [-0.25, -0.2) is 9.89 Å². The number of nitrogens with one attached hydrogen (secondary N) is 1. The molecule has 0 spiro atoms. The monoisotopic (exact) mass is 254 g/mol. The van der Waals surface area contributed by atoms with E-state index in [0.29, 0.717) is 0 Å². The Morgan fingerprint density at radius 3 is 2.47 bits per heavy atom. The van der Waals surface area contributed by atoms with E-state index in [-0.39, 0.29) is 0 Å². The van der Waals surface area contributed by atoms with Crippen LogP contribution in [-0.2, 0) is 0 Å². The number of nitrogens with zero attached hydrogens (tertiary/aromatic N) is 3. The third-order valence-corrected chi connectivity index (χ3v) is 4.17. The Morgan fingerprint density at radius 1 is 1.12 bits per heavy atom. The van der Waals surface area contributed by atoms with Gasteiger partial charge in [-0.1, -0.05) is 11.6 Å². The van der Waals surface area contributed by atoms with Crippen LogP contribution in [0.5, 0.6) is 0 Å². The van der Waals surface area contributed by atoms with E-state index in [1.807, 2.05) is 12.3 Å². The van der Waals surface area contributed by atoms with Crippen molar-refractivity contribution < 1.29 is 0 Å². The van der Waals surface area contributed by atoms with Crippen molar-refractivity contribution >= 4 is 17.8 Å². The van der Waals surface area contributed by atoms with Crippen molar-refractivity contribution in [2.75, 3.05) is 26.2 Å². The lowest BCUT2D eigenvalue weighted by molar-refractivity contribution is 0.165.